The number of fused-ring (bicyclic) bond motifs is 10. The lowest BCUT2D eigenvalue weighted by Gasteiger charge is -2.11. The number of aromatic carboxylic acids is 1. The number of para-hydroxylation sites is 10. The van der Waals surface area contributed by atoms with Crippen molar-refractivity contribution in [2.45, 2.75) is 0 Å². The number of carboxylic acid groups (broad SMARTS) is 1. The summed E-state index contributed by atoms with van der Waals surface area (Å²) in [4.78, 5) is 46.0. The molecule has 0 saturated carbocycles. The van der Waals surface area contributed by atoms with Crippen molar-refractivity contribution in [1.82, 2.24) is 47.8 Å². The summed E-state index contributed by atoms with van der Waals surface area (Å²) in [6.45, 7) is 0. The second-order valence-corrected chi connectivity index (χ2v) is 34.9. The molecule has 0 aliphatic carbocycles. The molecule has 5 heterocycles. The zero-order valence-corrected chi connectivity index (χ0v) is 80.9. The van der Waals surface area contributed by atoms with Crippen molar-refractivity contribution in [2.24, 2.45) is 0 Å². The van der Waals surface area contributed by atoms with Crippen LogP contribution in [0.25, 0.3) is 193 Å². The minimum atomic E-state index is -1.00. The summed E-state index contributed by atoms with van der Waals surface area (Å²) in [5.41, 5.74) is 27.7. The molecule has 0 spiro atoms. The first-order valence-electron chi connectivity index (χ1n) is 47.3. The summed E-state index contributed by atoms with van der Waals surface area (Å²) in [5, 5.41) is 38.7. The zero-order chi connectivity index (χ0) is 101. The summed E-state index contributed by atoms with van der Waals surface area (Å²) in [5.74, 6) is 2.12. The van der Waals surface area contributed by atoms with Crippen molar-refractivity contribution in [3.8, 4) is 130 Å². The molecule has 0 saturated heterocycles. The van der Waals surface area contributed by atoms with Gasteiger partial charge in [0.05, 0.1) is 110 Å². The summed E-state index contributed by atoms with van der Waals surface area (Å²) in [7, 11) is 10.9. The number of nitrogens with zero attached hydrogens (tertiary/aromatic N) is 11. The Morgan fingerprint density at radius 1 is 0.245 bits per heavy atom. The van der Waals surface area contributed by atoms with Gasteiger partial charge in [-0.05, 0) is 322 Å². The number of methoxy groups -OCH3 is 7. The minimum absolute atomic E-state index is 0.150. The third kappa shape index (κ3) is 19.1. The molecular weight excluding hydrogens is 1830 g/mol. The fourth-order valence-corrected chi connectivity index (χ4v) is 18.8. The monoisotopic (exact) mass is 1920 g/mol. The predicted molar refractivity (Wildman–Crippen MR) is 584 cm³/mol. The first-order valence-corrected chi connectivity index (χ1v) is 47.3. The number of nitriles is 1. The molecule has 0 atom stereocenters. The molecule has 0 amide bonds. The number of carbonyl (C=O) groups is 2. The van der Waals surface area contributed by atoms with Crippen molar-refractivity contribution in [3.05, 3.63) is 443 Å². The molecule has 20 aromatic carbocycles. The van der Waals surface area contributed by atoms with Gasteiger partial charge in [-0.2, -0.15) is 5.26 Å². The fraction of sp³-hybridized carbons (Fsp3) is 0.0560. The molecule has 2 N–H and O–H groups in total. The van der Waals surface area contributed by atoms with Crippen LogP contribution in [0.1, 0.15) is 26.3 Å². The van der Waals surface area contributed by atoms with Crippen LogP contribution in [0.4, 0.5) is 0 Å². The first kappa shape index (κ1) is 93.4. The quantitative estimate of drug-likeness (QED) is 0.0757. The summed E-state index contributed by atoms with van der Waals surface area (Å²) >= 11 is 0. The maximum Gasteiger partial charge on any atom is 0.341 e. The second kappa shape index (κ2) is 41.1. The number of aromatic hydroxyl groups is 1. The van der Waals surface area contributed by atoms with Gasteiger partial charge in [0.1, 0.15) is 66.1 Å². The van der Waals surface area contributed by atoms with Crippen LogP contribution in [0.5, 0.6) is 40.2 Å². The van der Waals surface area contributed by atoms with E-state index in [9.17, 15) is 25.1 Å². The number of rotatable bonds is 18. The SMILES string of the molecule is COC(=O)c1cc2ccc(-c3cccc(-n4cnc5ccccc54)c3)cc2cc1OC.COc1cc2cc(-c3cccc(-n4cnc5ccccc54)c3)ccc2cc1C#N.COc1cc2cc(-c3cccc(-n4cnc5ccccc54)c3)ccc2cc1C(=O)O.COc1cc2cc(-c3cccc(-n4cnc5ccccc54)c3)ccc2cc1O.COc1cc2ccc(-c3cccc(-n4cnc5ccccc54)c3)cc2cc1OC. The van der Waals surface area contributed by atoms with Gasteiger partial charge in [-0.1, -0.05) is 182 Å². The van der Waals surface area contributed by atoms with Crippen molar-refractivity contribution in [1.29, 1.82) is 5.26 Å². The topological polar surface area (TPSA) is 252 Å². The van der Waals surface area contributed by atoms with Crippen molar-refractivity contribution in [3.63, 3.8) is 0 Å². The van der Waals surface area contributed by atoms with Crippen molar-refractivity contribution in [2.75, 3.05) is 49.8 Å². The lowest BCUT2D eigenvalue weighted by molar-refractivity contribution is 0.0596. The first-order chi connectivity index (χ1) is 72.1. The van der Waals surface area contributed by atoms with Gasteiger partial charge in [-0.25, -0.2) is 34.5 Å². The van der Waals surface area contributed by atoms with E-state index >= 15 is 0 Å². The normalized spacial score (nSPS) is 11.1. The molecule has 0 bridgehead atoms. The molecular formula is C125H93N11O11. The third-order valence-electron chi connectivity index (χ3n) is 26.3. The van der Waals surface area contributed by atoms with E-state index in [1.165, 1.54) is 14.2 Å². The molecule has 5 aromatic heterocycles. The number of carboxylic acids is 1. The van der Waals surface area contributed by atoms with E-state index < -0.39 is 11.9 Å². The Hall–Kier alpha value is -19.9. The van der Waals surface area contributed by atoms with Gasteiger partial charge in [0.15, 0.2) is 23.0 Å². The highest BCUT2D eigenvalue weighted by Gasteiger charge is 2.21. The lowest BCUT2D eigenvalue weighted by atomic mass is 9.99. The molecule has 0 fully saturated rings. The molecule has 22 nitrogen and oxygen atoms in total. The predicted octanol–water partition coefficient (Wildman–Crippen LogP) is 28.3. The fourth-order valence-electron chi connectivity index (χ4n) is 18.8. The number of benzene rings is 20. The molecule has 25 aromatic rings. The molecule has 0 unspecified atom stereocenters. The van der Waals surface area contributed by atoms with Crippen LogP contribution in [-0.4, -0.2) is 120 Å². The highest BCUT2D eigenvalue weighted by atomic mass is 16.5. The number of hydrogen-bond acceptors (Lipinski definition) is 16. The Labute approximate surface area is 844 Å². The van der Waals surface area contributed by atoms with Crippen LogP contribution in [0, 0.1) is 11.3 Å². The Morgan fingerprint density at radius 3 is 0.782 bits per heavy atom. The number of ether oxygens (including phenoxy) is 7. The zero-order valence-electron chi connectivity index (χ0n) is 80.9. The van der Waals surface area contributed by atoms with E-state index in [2.05, 4.69) is 254 Å². The standard InChI is InChI=1S/C26H20N2O3.C25H17N3O.C25H18N2O3.C25H20N2O2.C24H18N2O2/c1-30-25-15-20-12-18(10-11-19(20)14-22(25)26(29)31-2)17-6-5-7-21(13-17)28-16-27-23-8-3-4-9-24(23)28;1-29-25-14-20-11-18(9-10-19(20)12-21(25)15-26)17-5-4-6-22(13-17)28-16-27-23-7-2-3-8-24(23)28;1-30-24-14-19-11-17(9-10-18(19)13-21(24)25(28)29)16-5-4-6-20(12-16)27-15-26-22-7-2-3-8-23(22)27;1-28-24-14-19-11-10-18(12-20(19)15-25(24)29-2)17-6-5-7-21(13-17)27-16-26-22-8-3-4-9-23(22)27;1-28-24-14-19-11-17(9-10-18(19)13-23(24)27)16-5-4-6-20(12-16)26-15-25-21-7-2-3-8-22(21)26/h3-16H,1-2H3;2-14,16H,1H3;2-15H,1H3,(H,28,29);3-16H,1-2H3;2-15,27H,1H3. The average molecular weight is 1930 g/mol. The molecule has 25 rings (SSSR count). The molecule has 0 aliphatic heterocycles. The van der Waals surface area contributed by atoms with E-state index in [-0.39, 0.29) is 11.3 Å². The third-order valence-corrected chi connectivity index (χ3v) is 26.3. The lowest BCUT2D eigenvalue weighted by Crippen LogP contribution is -2.04. The van der Waals surface area contributed by atoms with E-state index in [1.807, 2.05) is 201 Å². The number of phenols is 1. The van der Waals surface area contributed by atoms with E-state index in [0.717, 1.165) is 205 Å². The number of imidazole rings is 5. The number of carbonyl (C=O) groups excluding carboxylic acids is 1. The van der Waals surface area contributed by atoms with Crippen LogP contribution < -0.4 is 28.4 Å². The van der Waals surface area contributed by atoms with Gasteiger partial charge in [0, 0.05) is 28.4 Å². The maximum absolute atomic E-state index is 12.1. The highest BCUT2D eigenvalue weighted by Crippen LogP contribution is 2.41. The van der Waals surface area contributed by atoms with Gasteiger partial charge in [-0.15, -0.1) is 0 Å². The van der Waals surface area contributed by atoms with Crippen molar-refractivity contribution >= 4 is 121 Å². The summed E-state index contributed by atoms with van der Waals surface area (Å²) in [6.07, 6.45) is 9.28. The molecule has 147 heavy (non-hydrogen) atoms. The van der Waals surface area contributed by atoms with E-state index in [4.69, 9.17) is 33.2 Å². The van der Waals surface area contributed by atoms with Crippen LogP contribution >= 0.6 is 0 Å². The number of esters is 1. The van der Waals surface area contributed by atoms with Crippen LogP contribution in [0.3, 0.4) is 0 Å². The van der Waals surface area contributed by atoms with Crippen molar-refractivity contribution < 1.29 is 53.0 Å². The molecule has 22 heteroatoms. The Kier molecular flexibility index (Phi) is 26.1. The smallest absolute Gasteiger partial charge is 0.341 e. The minimum Gasteiger partial charge on any atom is -0.504 e. The molecule has 0 aliphatic rings. The Bertz CT molecular complexity index is 9420. The van der Waals surface area contributed by atoms with Gasteiger partial charge >= 0.3 is 11.9 Å². The van der Waals surface area contributed by atoms with Crippen LogP contribution in [0.15, 0.2) is 426 Å². The Balaban J connectivity index is 0.000000108. The van der Waals surface area contributed by atoms with Gasteiger partial charge in [0.25, 0.3) is 0 Å². The largest absolute Gasteiger partial charge is 0.504 e. The van der Waals surface area contributed by atoms with Crippen LogP contribution in [-0.2, 0) is 4.74 Å². The van der Waals surface area contributed by atoms with Gasteiger partial charge in [0.2, 0.25) is 0 Å². The summed E-state index contributed by atoms with van der Waals surface area (Å²) < 4.78 is 47.5. The Morgan fingerprint density at radius 2 is 0.490 bits per heavy atom. The van der Waals surface area contributed by atoms with Crippen LogP contribution in [0.2, 0.25) is 0 Å². The number of hydrogen-bond donors (Lipinski definition) is 2. The average Bonchev–Trinajstić information content (AvgIpc) is 1.80. The van der Waals surface area contributed by atoms with E-state index in [0.29, 0.717) is 34.1 Å². The second-order valence-electron chi connectivity index (χ2n) is 34.9. The molecule has 714 valence electrons. The number of aromatic nitrogens is 10. The summed E-state index contributed by atoms with van der Waals surface area (Å²) in [6, 6.07) is 134. The van der Waals surface area contributed by atoms with E-state index in [1.54, 1.807) is 59.8 Å². The number of phenolic OH excluding ortho intramolecular Hbond substituents is 1. The van der Waals surface area contributed by atoms with Gasteiger partial charge in [-0.3, -0.25) is 22.8 Å². The molecule has 0 radical (unpaired) electrons. The highest BCUT2D eigenvalue weighted by molar-refractivity contribution is 6.02. The maximum atomic E-state index is 12.1. The van der Waals surface area contributed by atoms with Gasteiger partial charge < -0.3 is 43.4 Å².